The van der Waals surface area contributed by atoms with Gasteiger partial charge in [-0.1, -0.05) is 18.2 Å². The van der Waals surface area contributed by atoms with Gasteiger partial charge in [0.05, 0.1) is 13.2 Å². The number of carbonyl (C=O) groups is 2. The lowest BCUT2D eigenvalue weighted by atomic mass is 10.1. The van der Waals surface area contributed by atoms with E-state index >= 15 is 0 Å². The van der Waals surface area contributed by atoms with Crippen molar-refractivity contribution in [2.24, 2.45) is 5.73 Å². The summed E-state index contributed by atoms with van der Waals surface area (Å²) in [5.74, 6) is 0.665. The molecule has 3 rings (SSSR count). The van der Waals surface area contributed by atoms with Crippen molar-refractivity contribution in [2.45, 2.75) is 6.10 Å². The highest BCUT2D eigenvalue weighted by Crippen LogP contribution is 2.22. The zero-order chi connectivity index (χ0) is 16.9. The Balaban J connectivity index is 1.66. The quantitative estimate of drug-likeness (QED) is 0.929. The molecule has 24 heavy (non-hydrogen) atoms. The molecule has 2 aromatic carbocycles. The van der Waals surface area contributed by atoms with E-state index in [4.69, 9.17) is 15.2 Å². The minimum Gasteiger partial charge on any atom is -0.457 e. The fourth-order valence-electron chi connectivity index (χ4n) is 2.48. The van der Waals surface area contributed by atoms with Crippen LogP contribution in [0.15, 0.2) is 54.6 Å². The highest BCUT2D eigenvalue weighted by atomic mass is 16.5. The molecule has 124 valence electrons. The molecule has 0 spiro atoms. The first-order chi connectivity index (χ1) is 11.6. The number of rotatable bonds is 4. The highest BCUT2D eigenvalue weighted by Gasteiger charge is 2.28. The van der Waals surface area contributed by atoms with Crippen LogP contribution in [0.3, 0.4) is 0 Å². The molecule has 2 amide bonds. The van der Waals surface area contributed by atoms with Gasteiger partial charge in [-0.25, -0.2) is 0 Å². The third kappa shape index (κ3) is 3.72. The molecule has 1 heterocycles. The summed E-state index contributed by atoms with van der Waals surface area (Å²) in [4.78, 5) is 25.3. The molecular weight excluding hydrogens is 308 g/mol. The van der Waals surface area contributed by atoms with Crippen LogP contribution in [-0.4, -0.2) is 42.5 Å². The fraction of sp³-hybridized carbons (Fsp3) is 0.222. The van der Waals surface area contributed by atoms with Gasteiger partial charge in [-0.3, -0.25) is 9.59 Å². The van der Waals surface area contributed by atoms with Gasteiger partial charge >= 0.3 is 0 Å². The lowest BCUT2D eigenvalue weighted by Gasteiger charge is -2.31. The molecular formula is C18H18N2O4. The van der Waals surface area contributed by atoms with Crippen LogP contribution in [0.5, 0.6) is 11.5 Å². The molecule has 1 fully saturated rings. The second-order valence-corrected chi connectivity index (χ2v) is 5.45. The van der Waals surface area contributed by atoms with E-state index in [2.05, 4.69) is 0 Å². The predicted octanol–water partition coefficient (Wildman–Crippen LogP) is 1.81. The maximum atomic E-state index is 12.5. The topological polar surface area (TPSA) is 81.9 Å². The molecule has 1 aliphatic heterocycles. The monoisotopic (exact) mass is 326 g/mol. The molecule has 1 atom stereocenters. The van der Waals surface area contributed by atoms with Gasteiger partial charge in [0, 0.05) is 12.1 Å². The van der Waals surface area contributed by atoms with Crippen molar-refractivity contribution >= 4 is 11.8 Å². The van der Waals surface area contributed by atoms with Gasteiger partial charge in [-0.15, -0.1) is 0 Å². The third-order valence-corrected chi connectivity index (χ3v) is 3.75. The average molecular weight is 326 g/mol. The number of benzene rings is 2. The van der Waals surface area contributed by atoms with Crippen LogP contribution in [-0.2, 0) is 9.53 Å². The van der Waals surface area contributed by atoms with E-state index in [1.54, 1.807) is 29.2 Å². The van der Waals surface area contributed by atoms with Crippen molar-refractivity contribution in [2.75, 3.05) is 19.7 Å². The molecule has 2 aromatic rings. The van der Waals surface area contributed by atoms with Gasteiger partial charge in [0.1, 0.15) is 11.5 Å². The summed E-state index contributed by atoms with van der Waals surface area (Å²) in [6, 6.07) is 16.3. The molecule has 0 aromatic heterocycles. The summed E-state index contributed by atoms with van der Waals surface area (Å²) >= 11 is 0. The zero-order valence-corrected chi connectivity index (χ0v) is 13.1. The number of ether oxygens (including phenoxy) is 2. The molecule has 1 unspecified atom stereocenters. The predicted molar refractivity (Wildman–Crippen MR) is 87.8 cm³/mol. The van der Waals surface area contributed by atoms with Crippen LogP contribution in [0.1, 0.15) is 10.4 Å². The molecule has 1 aliphatic rings. The number of hydrogen-bond donors (Lipinski definition) is 1. The van der Waals surface area contributed by atoms with Crippen LogP contribution in [0.4, 0.5) is 0 Å². The van der Waals surface area contributed by atoms with Crippen LogP contribution in [0.25, 0.3) is 0 Å². The first-order valence-electron chi connectivity index (χ1n) is 7.66. The first-order valence-corrected chi connectivity index (χ1v) is 7.66. The number of morpholine rings is 1. The second-order valence-electron chi connectivity index (χ2n) is 5.45. The lowest BCUT2D eigenvalue weighted by Crippen LogP contribution is -2.50. The minimum absolute atomic E-state index is 0.157. The molecule has 0 radical (unpaired) electrons. The Morgan fingerprint density at radius 2 is 1.71 bits per heavy atom. The van der Waals surface area contributed by atoms with E-state index in [0.29, 0.717) is 24.5 Å². The molecule has 0 aliphatic carbocycles. The minimum atomic E-state index is -0.747. The number of amides is 2. The number of para-hydroxylation sites is 1. The van der Waals surface area contributed by atoms with Crippen LogP contribution in [0.2, 0.25) is 0 Å². The van der Waals surface area contributed by atoms with Gasteiger partial charge in [-0.2, -0.15) is 0 Å². The van der Waals surface area contributed by atoms with Gasteiger partial charge < -0.3 is 20.1 Å². The number of nitrogens with two attached hydrogens (primary N) is 1. The maximum absolute atomic E-state index is 12.5. The standard InChI is InChI=1S/C18H18N2O4/c19-17(21)16-12-20(10-11-23-16)18(22)13-6-8-15(9-7-13)24-14-4-2-1-3-5-14/h1-9,16H,10-12H2,(H2,19,21). The fourth-order valence-corrected chi connectivity index (χ4v) is 2.48. The van der Waals surface area contributed by atoms with E-state index < -0.39 is 12.0 Å². The van der Waals surface area contributed by atoms with Crippen molar-refractivity contribution < 1.29 is 19.1 Å². The molecule has 0 bridgehead atoms. The van der Waals surface area contributed by atoms with E-state index in [0.717, 1.165) is 5.75 Å². The molecule has 2 N–H and O–H groups in total. The lowest BCUT2D eigenvalue weighted by molar-refractivity contribution is -0.133. The van der Waals surface area contributed by atoms with Gasteiger partial charge in [-0.05, 0) is 36.4 Å². The number of hydrogen-bond acceptors (Lipinski definition) is 4. The summed E-state index contributed by atoms with van der Waals surface area (Å²) in [6.45, 7) is 0.913. The number of primary amides is 1. The van der Waals surface area contributed by atoms with Crippen molar-refractivity contribution in [3.05, 3.63) is 60.2 Å². The Labute approximate surface area is 139 Å². The Kier molecular flexibility index (Phi) is 4.77. The number of carbonyl (C=O) groups excluding carboxylic acids is 2. The van der Waals surface area contributed by atoms with Crippen molar-refractivity contribution in [1.29, 1.82) is 0 Å². The summed E-state index contributed by atoms with van der Waals surface area (Å²) in [5, 5.41) is 0. The largest absolute Gasteiger partial charge is 0.457 e. The SMILES string of the molecule is NC(=O)C1CN(C(=O)c2ccc(Oc3ccccc3)cc2)CCO1. The Morgan fingerprint density at radius 1 is 1.04 bits per heavy atom. The number of nitrogens with zero attached hydrogens (tertiary/aromatic N) is 1. The van der Waals surface area contributed by atoms with Gasteiger partial charge in [0.25, 0.3) is 5.91 Å². The smallest absolute Gasteiger partial charge is 0.254 e. The summed E-state index contributed by atoms with van der Waals surface area (Å²) in [5.41, 5.74) is 5.77. The Hall–Kier alpha value is -2.86. The van der Waals surface area contributed by atoms with E-state index in [1.165, 1.54) is 0 Å². The van der Waals surface area contributed by atoms with E-state index in [9.17, 15) is 9.59 Å². The van der Waals surface area contributed by atoms with Crippen LogP contribution in [0, 0.1) is 0 Å². The third-order valence-electron chi connectivity index (χ3n) is 3.75. The van der Waals surface area contributed by atoms with Gasteiger partial charge in [0.2, 0.25) is 5.91 Å². The zero-order valence-electron chi connectivity index (χ0n) is 13.1. The molecule has 0 saturated carbocycles. The van der Waals surface area contributed by atoms with Gasteiger partial charge in [0.15, 0.2) is 6.10 Å². The highest BCUT2D eigenvalue weighted by molar-refractivity contribution is 5.95. The van der Waals surface area contributed by atoms with Crippen LogP contribution < -0.4 is 10.5 Å². The van der Waals surface area contributed by atoms with Crippen molar-refractivity contribution in [1.82, 2.24) is 4.90 Å². The van der Waals surface area contributed by atoms with Crippen molar-refractivity contribution in [3.8, 4) is 11.5 Å². The van der Waals surface area contributed by atoms with E-state index in [1.807, 2.05) is 30.3 Å². The molecule has 6 nitrogen and oxygen atoms in total. The summed E-state index contributed by atoms with van der Waals surface area (Å²) in [7, 11) is 0. The van der Waals surface area contributed by atoms with E-state index in [-0.39, 0.29) is 12.5 Å². The molecule has 1 saturated heterocycles. The Bertz CT molecular complexity index is 716. The van der Waals surface area contributed by atoms with Crippen molar-refractivity contribution in [3.63, 3.8) is 0 Å². The normalized spacial score (nSPS) is 17.3. The summed E-state index contributed by atoms with van der Waals surface area (Å²) in [6.07, 6.45) is -0.747. The average Bonchev–Trinajstić information content (AvgIpc) is 2.63. The summed E-state index contributed by atoms with van der Waals surface area (Å²) < 4.78 is 11.0. The molecule has 6 heteroatoms. The Morgan fingerprint density at radius 3 is 2.38 bits per heavy atom. The maximum Gasteiger partial charge on any atom is 0.254 e. The van der Waals surface area contributed by atoms with Crippen LogP contribution >= 0.6 is 0 Å². The first kappa shape index (κ1) is 16.0. The second kappa shape index (κ2) is 7.14.